The first-order chi connectivity index (χ1) is 13.3. The number of carbonyl (C=O) groups is 1. The van der Waals surface area contributed by atoms with Gasteiger partial charge < -0.3 is 9.47 Å². The summed E-state index contributed by atoms with van der Waals surface area (Å²) in [5, 5.41) is 0. The van der Waals surface area contributed by atoms with Crippen LogP contribution >= 0.6 is 0 Å². The maximum Gasteiger partial charge on any atom is 0.189 e. The Balaban J connectivity index is 3.40. The fraction of sp³-hybridized carbons (Fsp3) is 0.875. The van der Waals surface area contributed by atoms with Crippen LogP contribution in [0.1, 0.15) is 123 Å². The Bertz CT molecular complexity index is 326. The molecule has 0 fully saturated rings. The summed E-state index contributed by atoms with van der Waals surface area (Å²) in [6.07, 6.45) is 24.4. The van der Waals surface area contributed by atoms with Gasteiger partial charge in [0.15, 0.2) is 18.8 Å². The topological polar surface area (TPSA) is 35.5 Å². The van der Waals surface area contributed by atoms with E-state index in [1.54, 1.807) is 0 Å². The smallest absolute Gasteiger partial charge is 0.189 e. The van der Waals surface area contributed by atoms with Gasteiger partial charge in [-0.15, -0.1) is 0 Å². The maximum atomic E-state index is 11.0. The molecule has 0 bridgehead atoms. The lowest BCUT2D eigenvalue weighted by molar-refractivity contribution is -0.111. The third-order valence-electron chi connectivity index (χ3n) is 4.97. The molecule has 0 aliphatic heterocycles. The van der Waals surface area contributed by atoms with E-state index in [0.717, 1.165) is 32.2 Å². The molecular weight excluding hydrogens is 336 g/mol. The monoisotopic (exact) mass is 382 g/mol. The van der Waals surface area contributed by atoms with Gasteiger partial charge in [0.2, 0.25) is 0 Å². The van der Waals surface area contributed by atoms with Crippen molar-refractivity contribution in [3.8, 4) is 0 Å². The molecule has 0 spiro atoms. The third kappa shape index (κ3) is 21.3. The van der Waals surface area contributed by atoms with Crippen LogP contribution in [0.25, 0.3) is 0 Å². The molecule has 0 rings (SSSR count). The van der Waals surface area contributed by atoms with E-state index in [1.165, 1.54) is 89.9 Å². The van der Waals surface area contributed by atoms with Crippen molar-refractivity contribution in [1.29, 1.82) is 0 Å². The number of allylic oxidation sites excluding steroid dienone is 2. The Labute approximate surface area is 169 Å². The predicted molar refractivity (Wildman–Crippen MR) is 116 cm³/mol. The van der Waals surface area contributed by atoms with E-state index in [1.807, 2.05) is 6.08 Å². The minimum Gasteiger partial charge on any atom is -0.464 e. The quantitative estimate of drug-likeness (QED) is 0.0631. The lowest BCUT2D eigenvalue weighted by Crippen LogP contribution is -2.02. The van der Waals surface area contributed by atoms with Crippen molar-refractivity contribution in [3.05, 3.63) is 11.8 Å². The zero-order chi connectivity index (χ0) is 19.8. The average Bonchev–Trinajstić information content (AvgIpc) is 2.69. The number of hydrogen-bond donors (Lipinski definition) is 0. The fourth-order valence-corrected chi connectivity index (χ4v) is 3.17. The van der Waals surface area contributed by atoms with Gasteiger partial charge in [0, 0.05) is 0 Å². The first-order valence-corrected chi connectivity index (χ1v) is 11.7. The van der Waals surface area contributed by atoms with Gasteiger partial charge in [-0.05, 0) is 25.3 Å². The van der Waals surface area contributed by atoms with Gasteiger partial charge in [0.05, 0.1) is 6.61 Å². The number of rotatable bonds is 22. The van der Waals surface area contributed by atoms with Crippen LogP contribution < -0.4 is 0 Å². The lowest BCUT2D eigenvalue weighted by Gasteiger charge is -2.07. The Hall–Kier alpha value is -0.830. The van der Waals surface area contributed by atoms with Crippen LogP contribution in [0, 0.1) is 0 Å². The van der Waals surface area contributed by atoms with E-state index in [9.17, 15) is 4.79 Å². The van der Waals surface area contributed by atoms with Gasteiger partial charge in [0.1, 0.15) is 0 Å². The molecule has 0 N–H and O–H groups in total. The molecule has 3 heteroatoms. The predicted octanol–water partition coefficient (Wildman–Crippen LogP) is 7.73. The fourth-order valence-electron chi connectivity index (χ4n) is 3.17. The van der Waals surface area contributed by atoms with E-state index in [-0.39, 0.29) is 6.79 Å². The minimum absolute atomic E-state index is 0.193. The molecule has 0 aromatic carbocycles. The number of carbonyl (C=O) groups excluding carboxylic acids is 1. The molecule has 0 heterocycles. The molecule has 0 amide bonds. The molecule has 0 saturated carbocycles. The standard InChI is InChI=1S/C24H46O3/c1-3-5-7-9-11-12-13-14-16-18-20-24(22-25)27-23-26-21-19-17-15-10-8-6-4-2/h20,22H,3-19,21,23H2,1-2H3/b24-20+. The van der Waals surface area contributed by atoms with Crippen molar-refractivity contribution in [2.75, 3.05) is 13.4 Å². The summed E-state index contributed by atoms with van der Waals surface area (Å²) in [6, 6.07) is 0. The SMILES string of the molecule is CCCCCCCCCCC/C=C(\C=O)OCOCCCCCCCCC. The van der Waals surface area contributed by atoms with Gasteiger partial charge in [0.25, 0.3) is 0 Å². The summed E-state index contributed by atoms with van der Waals surface area (Å²) in [6.45, 7) is 5.41. The number of hydrogen-bond acceptors (Lipinski definition) is 3. The molecule has 0 saturated heterocycles. The highest BCUT2D eigenvalue weighted by molar-refractivity contribution is 5.69. The van der Waals surface area contributed by atoms with E-state index in [0.29, 0.717) is 5.76 Å². The first-order valence-electron chi connectivity index (χ1n) is 11.7. The molecule has 0 aromatic rings. The Morgan fingerprint density at radius 2 is 1.15 bits per heavy atom. The zero-order valence-electron chi connectivity index (χ0n) is 18.3. The number of aldehydes is 1. The molecule has 0 atom stereocenters. The summed E-state index contributed by atoms with van der Waals surface area (Å²) in [4.78, 5) is 11.0. The number of ether oxygens (including phenoxy) is 2. The van der Waals surface area contributed by atoms with E-state index in [4.69, 9.17) is 9.47 Å². The summed E-state index contributed by atoms with van der Waals surface area (Å²) < 4.78 is 10.9. The molecule has 0 aliphatic carbocycles. The van der Waals surface area contributed by atoms with Crippen LogP contribution in [0.15, 0.2) is 11.8 Å². The van der Waals surface area contributed by atoms with E-state index >= 15 is 0 Å². The van der Waals surface area contributed by atoms with Crippen molar-refractivity contribution in [2.24, 2.45) is 0 Å². The summed E-state index contributed by atoms with van der Waals surface area (Å²) in [7, 11) is 0. The highest BCUT2D eigenvalue weighted by atomic mass is 16.7. The normalized spacial score (nSPS) is 11.7. The third-order valence-corrected chi connectivity index (χ3v) is 4.97. The average molecular weight is 383 g/mol. The zero-order valence-corrected chi connectivity index (χ0v) is 18.3. The van der Waals surface area contributed by atoms with E-state index in [2.05, 4.69) is 13.8 Å². The van der Waals surface area contributed by atoms with Crippen molar-refractivity contribution in [2.45, 2.75) is 123 Å². The summed E-state index contributed by atoms with van der Waals surface area (Å²) >= 11 is 0. The Morgan fingerprint density at radius 1 is 0.667 bits per heavy atom. The molecule has 3 nitrogen and oxygen atoms in total. The van der Waals surface area contributed by atoms with Crippen LogP contribution in [-0.4, -0.2) is 19.7 Å². The van der Waals surface area contributed by atoms with Crippen molar-refractivity contribution in [3.63, 3.8) is 0 Å². The lowest BCUT2D eigenvalue weighted by atomic mass is 10.1. The van der Waals surface area contributed by atoms with E-state index < -0.39 is 0 Å². The van der Waals surface area contributed by atoms with Crippen LogP contribution in [0.2, 0.25) is 0 Å². The molecule has 0 unspecified atom stereocenters. The summed E-state index contributed by atoms with van der Waals surface area (Å²) in [5.74, 6) is 0.425. The minimum atomic E-state index is 0.193. The van der Waals surface area contributed by atoms with Gasteiger partial charge in [-0.1, -0.05) is 104 Å². The molecule has 0 aliphatic rings. The summed E-state index contributed by atoms with van der Waals surface area (Å²) in [5.41, 5.74) is 0. The van der Waals surface area contributed by atoms with Crippen molar-refractivity contribution in [1.82, 2.24) is 0 Å². The number of unbranched alkanes of at least 4 members (excludes halogenated alkanes) is 15. The van der Waals surface area contributed by atoms with Crippen LogP contribution in [-0.2, 0) is 14.3 Å². The maximum absolute atomic E-state index is 11.0. The second kappa shape index (κ2) is 23.2. The highest BCUT2D eigenvalue weighted by Gasteiger charge is 1.97. The van der Waals surface area contributed by atoms with Crippen LogP contribution in [0.5, 0.6) is 0 Å². The molecule has 0 radical (unpaired) electrons. The Morgan fingerprint density at radius 3 is 1.67 bits per heavy atom. The molecular formula is C24H46O3. The van der Waals surface area contributed by atoms with Gasteiger partial charge in [-0.2, -0.15) is 0 Å². The highest BCUT2D eigenvalue weighted by Crippen LogP contribution is 2.11. The van der Waals surface area contributed by atoms with Crippen LogP contribution in [0.4, 0.5) is 0 Å². The first kappa shape index (κ1) is 26.2. The van der Waals surface area contributed by atoms with Gasteiger partial charge >= 0.3 is 0 Å². The second-order valence-corrected chi connectivity index (χ2v) is 7.63. The van der Waals surface area contributed by atoms with Crippen LogP contribution in [0.3, 0.4) is 0 Å². The van der Waals surface area contributed by atoms with Crippen molar-refractivity contribution >= 4 is 6.29 Å². The molecule has 160 valence electrons. The second-order valence-electron chi connectivity index (χ2n) is 7.63. The Kier molecular flexibility index (Phi) is 22.5. The van der Waals surface area contributed by atoms with Crippen molar-refractivity contribution < 1.29 is 14.3 Å². The van der Waals surface area contributed by atoms with Gasteiger partial charge in [-0.3, -0.25) is 4.79 Å². The largest absolute Gasteiger partial charge is 0.464 e. The molecule has 0 aromatic heterocycles. The molecule has 27 heavy (non-hydrogen) atoms. The van der Waals surface area contributed by atoms with Gasteiger partial charge in [-0.25, -0.2) is 0 Å².